The van der Waals surface area contributed by atoms with Crippen LogP contribution < -0.4 is 5.32 Å². The first-order chi connectivity index (χ1) is 20.3. The second-order valence-electron chi connectivity index (χ2n) is 17.8. The average molecular weight is 620 g/mol. The number of allylic oxidation sites excluding steroid dienone is 1. The third kappa shape index (κ3) is 3.91. The number of aliphatic hydroxyl groups excluding tert-OH is 5. The molecule has 4 unspecified atom stereocenters. The van der Waals surface area contributed by atoms with E-state index in [1.807, 2.05) is 0 Å². The van der Waals surface area contributed by atoms with Gasteiger partial charge in [-0.25, -0.2) is 0 Å². The topological polar surface area (TPSA) is 152 Å². The van der Waals surface area contributed by atoms with E-state index in [-0.39, 0.29) is 51.9 Å². The standard InChI is InChI=1S/C35H57NO8/c1-17-12-18(28(41)31(4,5)42)36-19-13-32(6)22-9-8-21-30(2,3)24(44-29-27(40)26(39)20(37)15-43-29)10-11-34(21)16-35(22,34)23(38)14-33(32,7)25(17)19/h9,17-21,23-29,36-42H,8,10-16H2,1-7H3/t17?,18?,19?,20-,21-,23+,24+,25?,26+,27-,28+,29-,32+,33+,34+,35+/m1/s1. The van der Waals surface area contributed by atoms with Gasteiger partial charge in [0, 0.05) is 17.5 Å². The maximum absolute atomic E-state index is 12.3. The van der Waals surface area contributed by atoms with Gasteiger partial charge in [0.25, 0.3) is 0 Å². The minimum absolute atomic E-state index is 0.00159. The summed E-state index contributed by atoms with van der Waals surface area (Å²) in [6.45, 7) is 15.0. The predicted molar refractivity (Wildman–Crippen MR) is 163 cm³/mol. The van der Waals surface area contributed by atoms with Gasteiger partial charge in [-0.3, -0.25) is 0 Å². The minimum atomic E-state index is -1.31. The van der Waals surface area contributed by atoms with E-state index in [9.17, 15) is 30.6 Å². The van der Waals surface area contributed by atoms with Crippen LogP contribution in [-0.4, -0.2) is 97.8 Å². The Bertz CT molecular complexity index is 1200. The molecular formula is C35H57NO8. The summed E-state index contributed by atoms with van der Waals surface area (Å²) in [6.07, 6.45) is 2.47. The first-order valence-corrected chi connectivity index (χ1v) is 17.2. The molecule has 2 heterocycles. The van der Waals surface area contributed by atoms with Crippen LogP contribution in [0.3, 0.4) is 0 Å². The summed E-state index contributed by atoms with van der Waals surface area (Å²) >= 11 is 0. The summed E-state index contributed by atoms with van der Waals surface area (Å²) in [4.78, 5) is 0. The van der Waals surface area contributed by atoms with Crippen molar-refractivity contribution in [3.8, 4) is 0 Å². The summed E-state index contributed by atoms with van der Waals surface area (Å²) < 4.78 is 12.1. The van der Waals surface area contributed by atoms with Crippen LogP contribution in [0, 0.1) is 44.8 Å². The second kappa shape index (κ2) is 9.73. The molecule has 4 saturated carbocycles. The molecule has 9 nitrogen and oxygen atoms in total. The molecule has 7 N–H and O–H groups in total. The molecular weight excluding hydrogens is 562 g/mol. The van der Waals surface area contributed by atoms with Gasteiger partial charge in [-0.1, -0.05) is 46.3 Å². The van der Waals surface area contributed by atoms with E-state index in [1.54, 1.807) is 13.8 Å². The number of aliphatic hydroxyl groups is 6. The lowest BCUT2D eigenvalue weighted by atomic mass is 9.44. The quantitative estimate of drug-likeness (QED) is 0.235. The molecule has 0 aromatic rings. The van der Waals surface area contributed by atoms with E-state index >= 15 is 0 Å². The third-order valence-electron chi connectivity index (χ3n) is 15.0. The van der Waals surface area contributed by atoms with Gasteiger partial charge in [-0.2, -0.15) is 0 Å². The van der Waals surface area contributed by atoms with Crippen LogP contribution in [-0.2, 0) is 9.47 Å². The third-order valence-corrected chi connectivity index (χ3v) is 15.0. The Balaban J connectivity index is 1.18. The Labute approximate surface area is 262 Å². The maximum atomic E-state index is 12.3. The first-order valence-electron chi connectivity index (χ1n) is 17.2. The SMILES string of the molecule is CC1CC([C@H](O)C(C)(C)O)NC2C[C@@]3(C)C4=CC[C@@H]5C(C)(C)[C@@H](O[C@H]6OC[C@@H](O)[C@H](O)[C@H]6O)CC[C@]56C[C@@]46[C@@H](O)C[C@@]3(C)C12. The van der Waals surface area contributed by atoms with Crippen LogP contribution in [0.2, 0.25) is 0 Å². The smallest absolute Gasteiger partial charge is 0.186 e. The molecule has 0 amide bonds. The summed E-state index contributed by atoms with van der Waals surface area (Å²) in [5, 5.41) is 68.5. The lowest BCUT2D eigenvalue weighted by molar-refractivity contribution is -0.301. The first kappa shape index (κ1) is 32.0. The molecule has 0 bridgehead atoms. The van der Waals surface area contributed by atoms with E-state index < -0.39 is 42.4 Å². The van der Waals surface area contributed by atoms with E-state index in [4.69, 9.17) is 9.47 Å². The van der Waals surface area contributed by atoms with Gasteiger partial charge in [0.15, 0.2) is 6.29 Å². The zero-order valence-corrected chi connectivity index (χ0v) is 27.7. The van der Waals surface area contributed by atoms with Gasteiger partial charge in [0.1, 0.15) is 18.3 Å². The molecule has 0 radical (unpaired) electrons. The second-order valence-corrected chi connectivity index (χ2v) is 17.8. The molecule has 44 heavy (non-hydrogen) atoms. The van der Waals surface area contributed by atoms with E-state index in [0.29, 0.717) is 17.8 Å². The van der Waals surface area contributed by atoms with Gasteiger partial charge >= 0.3 is 0 Å². The molecule has 2 saturated heterocycles. The van der Waals surface area contributed by atoms with Crippen molar-refractivity contribution >= 4 is 0 Å². The van der Waals surface area contributed by atoms with Crippen LogP contribution in [0.5, 0.6) is 0 Å². The van der Waals surface area contributed by atoms with Gasteiger partial charge < -0.3 is 45.4 Å². The van der Waals surface area contributed by atoms with Crippen LogP contribution in [0.4, 0.5) is 0 Å². The van der Waals surface area contributed by atoms with Gasteiger partial charge in [-0.05, 0) is 98.2 Å². The zero-order valence-electron chi connectivity index (χ0n) is 27.7. The molecule has 16 atom stereocenters. The number of ether oxygens (including phenoxy) is 2. The zero-order chi connectivity index (χ0) is 32.0. The molecule has 0 aromatic heterocycles. The van der Waals surface area contributed by atoms with Gasteiger partial charge in [0.05, 0.1) is 30.5 Å². The van der Waals surface area contributed by atoms with E-state index in [1.165, 1.54) is 5.57 Å². The van der Waals surface area contributed by atoms with Gasteiger partial charge in [0.2, 0.25) is 0 Å². The van der Waals surface area contributed by atoms with Crippen molar-refractivity contribution in [1.29, 1.82) is 0 Å². The number of hydrogen-bond donors (Lipinski definition) is 7. The number of nitrogens with one attached hydrogen (secondary N) is 1. The largest absolute Gasteiger partial charge is 0.392 e. The average Bonchev–Trinajstić information content (AvgIpc) is 3.56. The fourth-order valence-electron chi connectivity index (χ4n) is 12.8. The minimum Gasteiger partial charge on any atom is -0.392 e. The Hall–Kier alpha value is -0.620. The number of hydrogen-bond acceptors (Lipinski definition) is 9. The molecule has 9 heteroatoms. The maximum Gasteiger partial charge on any atom is 0.186 e. The molecule has 6 fully saturated rings. The molecule has 250 valence electrons. The highest BCUT2D eigenvalue weighted by Gasteiger charge is 2.84. The molecule has 5 aliphatic carbocycles. The lowest BCUT2D eigenvalue weighted by Gasteiger charge is -2.61. The molecule has 2 spiro atoms. The molecule has 0 aromatic carbocycles. The summed E-state index contributed by atoms with van der Waals surface area (Å²) in [5.41, 5.74) is -0.381. The monoisotopic (exact) mass is 619 g/mol. The van der Waals surface area contributed by atoms with Crippen molar-refractivity contribution in [2.45, 2.75) is 154 Å². The number of fused-ring (bicyclic) bond motifs is 4. The van der Waals surface area contributed by atoms with Crippen molar-refractivity contribution in [3.63, 3.8) is 0 Å². The fraction of sp³-hybridized carbons (Fsp3) is 0.943. The highest BCUT2D eigenvalue weighted by atomic mass is 16.7. The van der Waals surface area contributed by atoms with Crippen molar-refractivity contribution in [3.05, 3.63) is 11.6 Å². The van der Waals surface area contributed by atoms with Crippen LogP contribution in [0.15, 0.2) is 11.6 Å². The Kier molecular flexibility index (Phi) is 7.06. The molecule has 7 aliphatic rings. The summed E-state index contributed by atoms with van der Waals surface area (Å²) in [5.74, 6) is 1.02. The number of rotatable bonds is 4. The highest BCUT2D eigenvalue weighted by Crippen LogP contribution is 2.88. The lowest BCUT2D eigenvalue weighted by Crippen LogP contribution is -2.61. The Morgan fingerprint density at radius 1 is 1.07 bits per heavy atom. The Morgan fingerprint density at radius 3 is 2.45 bits per heavy atom. The summed E-state index contributed by atoms with van der Waals surface area (Å²) in [6, 6.07) is 0.0457. The van der Waals surface area contributed by atoms with E-state index in [0.717, 1.165) is 44.9 Å². The van der Waals surface area contributed by atoms with Crippen molar-refractivity contribution < 1.29 is 40.1 Å². The van der Waals surface area contributed by atoms with E-state index in [2.05, 4.69) is 46.0 Å². The van der Waals surface area contributed by atoms with Crippen LogP contribution in [0.25, 0.3) is 0 Å². The summed E-state index contributed by atoms with van der Waals surface area (Å²) in [7, 11) is 0. The fourth-order valence-corrected chi connectivity index (χ4v) is 12.8. The Morgan fingerprint density at radius 2 is 1.77 bits per heavy atom. The molecule has 2 aliphatic heterocycles. The predicted octanol–water partition coefficient (Wildman–Crippen LogP) is 2.25. The van der Waals surface area contributed by atoms with Crippen LogP contribution in [0.1, 0.15) is 93.4 Å². The number of piperidine rings is 1. The molecule has 7 rings (SSSR count). The van der Waals surface area contributed by atoms with Crippen molar-refractivity contribution in [2.24, 2.45) is 44.8 Å². The normalized spacial score (nSPS) is 56.8. The van der Waals surface area contributed by atoms with Gasteiger partial charge in [-0.15, -0.1) is 0 Å². The van der Waals surface area contributed by atoms with Crippen molar-refractivity contribution in [2.75, 3.05) is 6.61 Å². The van der Waals surface area contributed by atoms with Crippen LogP contribution >= 0.6 is 0 Å². The van der Waals surface area contributed by atoms with Crippen molar-refractivity contribution in [1.82, 2.24) is 5.32 Å². The highest BCUT2D eigenvalue weighted by molar-refractivity contribution is 5.48.